The van der Waals surface area contributed by atoms with Crippen molar-refractivity contribution in [3.05, 3.63) is 70.1 Å². The smallest absolute Gasteiger partial charge is 0.359 e. The van der Waals surface area contributed by atoms with E-state index in [2.05, 4.69) is 17.3 Å². The molecule has 1 aromatic heterocycles. The summed E-state index contributed by atoms with van der Waals surface area (Å²) in [6, 6.07) is 14.0. The van der Waals surface area contributed by atoms with Gasteiger partial charge in [-0.05, 0) is 36.6 Å². The second kappa shape index (κ2) is 10.5. The number of carbonyl (C=O) groups excluding carboxylic acids is 2. The highest BCUT2D eigenvalue weighted by atomic mass is 16.5. The number of benzene rings is 2. The fraction of sp³-hybridized carbons (Fsp3) is 0.304. The zero-order valence-corrected chi connectivity index (χ0v) is 17.3. The molecule has 0 aliphatic heterocycles. The third kappa shape index (κ3) is 5.55. The summed E-state index contributed by atoms with van der Waals surface area (Å²) < 4.78 is 6.14. The summed E-state index contributed by atoms with van der Waals surface area (Å²) in [5.41, 5.74) is 1.31. The maximum Gasteiger partial charge on any atom is 0.359 e. The van der Waals surface area contributed by atoms with Gasteiger partial charge in [0.2, 0.25) is 0 Å². The van der Waals surface area contributed by atoms with Crippen molar-refractivity contribution >= 4 is 28.3 Å². The number of nitrogens with one attached hydrogen (secondary N) is 1. The van der Waals surface area contributed by atoms with E-state index in [1.165, 1.54) is 5.56 Å². The van der Waals surface area contributed by atoms with Crippen molar-refractivity contribution in [3.63, 3.8) is 0 Å². The van der Waals surface area contributed by atoms with E-state index in [4.69, 9.17) is 9.84 Å². The number of carbonyl (C=O) groups is 2. The molecule has 0 atom stereocenters. The van der Waals surface area contributed by atoms with Gasteiger partial charge in [0.05, 0.1) is 18.5 Å². The normalized spacial score (nSPS) is 10.8. The van der Waals surface area contributed by atoms with Crippen molar-refractivity contribution in [1.29, 1.82) is 0 Å². The van der Waals surface area contributed by atoms with Crippen LogP contribution in [0.15, 0.2) is 53.3 Å². The second-order valence-electron chi connectivity index (χ2n) is 7.07. The molecule has 0 aliphatic rings. The Morgan fingerprint density at radius 2 is 1.81 bits per heavy atom. The zero-order valence-electron chi connectivity index (χ0n) is 17.3. The van der Waals surface area contributed by atoms with E-state index in [9.17, 15) is 14.4 Å². The lowest BCUT2D eigenvalue weighted by atomic mass is 10.1. The molecule has 2 aromatic carbocycles. The number of aliphatic hydroxyl groups is 1. The fourth-order valence-corrected chi connectivity index (χ4v) is 3.16. The number of amides is 1. The van der Waals surface area contributed by atoms with E-state index in [-0.39, 0.29) is 24.2 Å². The largest absolute Gasteiger partial charge is 0.451 e. The molecule has 162 valence electrons. The van der Waals surface area contributed by atoms with E-state index in [1.807, 2.05) is 24.3 Å². The van der Waals surface area contributed by atoms with Crippen LogP contribution in [0.3, 0.4) is 0 Å². The lowest BCUT2D eigenvalue weighted by Crippen LogP contribution is -2.28. The molecular weight excluding hydrogens is 398 g/mol. The lowest BCUT2D eigenvalue weighted by molar-refractivity contribution is -0.119. The van der Waals surface area contributed by atoms with Crippen LogP contribution in [-0.4, -0.2) is 40.0 Å². The van der Waals surface area contributed by atoms with Crippen LogP contribution < -0.4 is 10.9 Å². The van der Waals surface area contributed by atoms with Crippen LogP contribution in [0.1, 0.15) is 35.8 Å². The molecule has 8 nitrogen and oxygen atoms in total. The third-order valence-electron chi connectivity index (χ3n) is 4.76. The summed E-state index contributed by atoms with van der Waals surface area (Å²) in [4.78, 5) is 37.2. The molecule has 0 bridgehead atoms. The Morgan fingerprint density at radius 1 is 1.10 bits per heavy atom. The first kappa shape index (κ1) is 22.2. The molecule has 0 spiro atoms. The van der Waals surface area contributed by atoms with E-state index in [0.717, 1.165) is 23.9 Å². The van der Waals surface area contributed by atoms with Gasteiger partial charge < -0.3 is 15.2 Å². The maximum atomic E-state index is 12.6. The van der Waals surface area contributed by atoms with Crippen LogP contribution in [0.5, 0.6) is 0 Å². The summed E-state index contributed by atoms with van der Waals surface area (Å²) >= 11 is 0. The number of rotatable bonds is 9. The number of fused-ring (bicyclic) bond motifs is 1. The predicted octanol–water partition coefficient (Wildman–Crippen LogP) is 2.53. The van der Waals surface area contributed by atoms with Gasteiger partial charge in [-0.25, -0.2) is 9.48 Å². The fourth-order valence-electron chi connectivity index (χ4n) is 3.16. The van der Waals surface area contributed by atoms with Crippen molar-refractivity contribution in [2.24, 2.45) is 0 Å². The average Bonchev–Trinajstić information content (AvgIpc) is 2.79. The number of hydrogen-bond donors (Lipinski definition) is 2. The van der Waals surface area contributed by atoms with Crippen LogP contribution in [0.2, 0.25) is 0 Å². The minimum atomic E-state index is -0.826. The number of unbranched alkanes of at least 4 members (excludes halogenated alkanes) is 1. The summed E-state index contributed by atoms with van der Waals surface area (Å²) in [6.07, 6.45) is 3.21. The van der Waals surface area contributed by atoms with Gasteiger partial charge in [-0.15, -0.1) is 0 Å². The first-order valence-electron chi connectivity index (χ1n) is 10.2. The molecule has 3 aromatic rings. The molecule has 2 N–H and O–H groups in total. The molecule has 0 saturated carbocycles. The van der Waals surface area contributed by atoms with Gasteiger partial charge in [0.15, 0.2) is 12.3 Å². The van der Waals surface area contributed by atoms with Crippen molar-refractivity contribution in [1.82, 2.24) is 9.78 Å². The van der Waals surface area contributed by atoms with E-state index in [1.54, 1.807) is 24.3 Å². The highest BCUT2D eigenvalue weighted by Crippen LogP contribution is 2.15. The summed E-state index contributed by atoms with van der Waals surface area (Å²) in [5.74, 6) is -1.31. The van der Waals surface area contributed by atoms with Gasteiger partial charge in [-0.2, -0.15) is 5.10 Å². The van der Waals surface area contributed by atoms with Gasteiger partial charge in [0, 0.05) is 11.1 Å². The van der Waals surface area contributed by atoms with E-state index in [0.29, 0.717) is 11.1 Å². The Labute approximate surface area is 179 Å². The van der Waals surface area contributed by atoms with Crippen LogP contribution in [0.25, 0.3) is 10.8 Å². The molecule has 31 heavy (non-hydrogen) atoms. The predicted molar refractivity (Wildman–Crippen MR) is 117 cm³/mol. The average molecular weight is 423 g/mol. The molecule has 0 saturated heterocycles. The van der Waals surface area contributed by atoms with Crippen LogP contribution in [0.4, 0.5) is 5.69 Å². The number of hydrogen-bond acceptors (Lipinski definition) is 6. The van der Waals surface area contributed by atoms with Gasteiger partial charge in [0.1, 0.15) is 0 Å². The van der Waals surface area contributed by atoms with Gasteiger partial charge in [-0.1, -0.05) is 43.7 Å². The Bertz CT molecular complexity index is 1120. The van der Waals surface area contributed by atoms with Crippen LogP contribution >= 0.6 is 0 Å². The first-order chi connectivity index (χ1) is 15.0. The van der Waals surface area contributed by atoms with E-state index >= 15 is 0 Å². The molecule has 3 rings (SSSR count). The summed E-state index contributed by atoms with van der Waals surface area (Å²) in [5, 5.41) is 16.5. The third-order valence-corrected chi connectivity index (χ3v) is 4.76. The number of aromatic nitrogens is 2. The number of ether oxygens (including phenoxy) is 1. The molecule has 1 amide bonds. The number of aryl methyl sites for hydroxylation is 1. The lowest BCUT2D eigenvalue weighted by Gasteiger charge is -2.10. The Morgan fingerprint density at radius 3 is 2.48 bits per heavy atom. The van der Waals surface area contributed by atoms with Gasteiger partial charge in [-0.3, -0.25) is 9.59 Å². The van der Waals surface area contributed by atoms with Crippen molar-refractivity contribution in [3.8, 4) is 0 Å². The van der Waals surface area contributed by atoms with Gasteiger partial charge in [0.25, 0.3) is 11.5 Å². The highest BCUT2D eigenvalue weighted by Gasteiger charge is 2.19. The maximum absolute atomic E-state index is 12.6. The van der Waals surface area contributed by atoms with Gasteiger partial charge >= 0.3 is 5.97 Å². The van der Waals surface area contributed by atoms with Crippen molar-refractivity contribution in [2.75, 3.05) is 18.5 Å². The van der Waals surface area contributed by atoms with Crippen LogP contribution in [-0.2, 0) is 22.5 Å². The molecule has 0 aliphatic carbocycles. The van der Waals surface area contributed by atoms with Crippen molar-refractivity contribution < 1.29 is 19.4 Å². The number of aliphatic hydroxyl groups excluding tert-OH is 1. The molecule has 0 unspecified atom stereocenters. The molecule has 8 heteroatoms. The quantitative estimate of drug-likeness (QED) is 0.512. The molecule has 0 fully saturated rings. The van der Waals surface area contributed by atoms with Crippen molar-refractivity contribution in [2.45, 2.75) is 32.7 Å². The van der Waals surface area contributed by atoms with E-state index < -0.39 is 24.0 Å². The van der Waals surface area contributed by atoms with Crippen LogP contribution in [0, 0.1) is 0 Å². The molecule has 0 radical (unpaired) electrons. The number of nitrogens with zero attached hydrogens (tertiary/aromatic N) is 2. The Balaban J connectivity index is 1.68. The minimum Gasteiger partial charge on any atom is -0.451 e. The first-order valence-corrected chi connectivity index (χ1v) is 10.2. The minimum absolute atomic E-state index is 0.0569. The highest BCUT2D eigenvalue weighted by molar-refractivity contribution is 6.03. The summed E-state index contributed by atoms with van der Waals surface area (Å²) in [7, 11) is 0. The second-order valence-corrected chi connectivity index (χ2v) is 7.07. The SMILES string of the molecule is CCCCc1ccc(NC(=O)COC(=O)c2nn(CCO)c(=O)c3ccccc23)cc1. The zero-order chi connectivity index (χ0) is 22.2. The monoisotopic (exact) mass is 423 g/mol. The summed E-state index contributed by atoms with van der Waals surface area (Å²) in [6.45, 7) is 1.28. The number of esters is 1. The molecule has 1 heterocycles. The molecular formula is C23H25N3O5. The Hall–Kier alpha value is -3.52. The Kier molecular flexibility index (Phi) is 7.50. The topological polar surface area (TPSA) is 111 Å². The standard InChI is InChI=1S/C23H25N3O5/c1-2-3-6-16-9-11-17(12-10-16)24-20(28)15-31-23(30)21-18-7-4-5-8-19(18)22(29)26(25-21)13-14-27/h4-5,7-12,27H,2-3,6,13-15H2,1H3,(H,24,28). The number of anilines is 1.